The first-order valence-electron chi connectivity index (χ1n) is 7.53. The van der Waals surface area contributed by atoms with Crippen molar-refractivity contribution in [3.63, 3.8) is 0 Å². The molecule has 0 saturated heterocycles. The zero-order valence-electron chi connectivity index (χ0n) is 12.3. The van der Waals surface area contributed by atoms with Gasteiger partial charge < -0.3 is 10.5 Å². The van der Waals surface area contributed by atoms with Crippen LogP contribution in [0.25, 0.3) is 0 Å². The third kappa shape index (κ3) is 3.83. The number of benzene rings is 1. The zero-order valence-corrected chi connectivity index (χ0v) is 12.3. The molecule has 2 rings (SSSR count). The van der Waals surface area contributed by atoms with Gasteiger partial charge in [0.05, 0.1) is 13.5 Å². The van der Waals surface area contributed by atoms with Gasteiger partial charge in [0, 0.05) is 6.04 Å². The predicted octanol–water partition coefficient (Wildman–Crippen LogP) is 3.59. The van der Waals surface area contributed by atoms with Gasteiger partial charge in [0.2, 0.25) is 0 Å². The Morgan fingerprint density at radius 2 is 1.90 bits per heavy atom. The summed E-state index contributed by atoms with van der Waals surface area (Å²) in [5.41, 5.74) is 7.56. The van der Waals surface area contributed by atoms with E-state index in [1.165, 1.54) is 26.4 Å². The third-order valence-corrected chi connectivity index (χ3v) is 4.54. The second-order valence-corrected chi connectivity index (χ2v) is 6.03. The summed E-state index contributed by atoms with van der Waals surface area (Å²) in [4.78, 5) is 11.7. The molecule has 1 atom stereocenters. The molecule has 110 valence electrons. The summed E-state index contributed by atoms with van der Waals surface area (Å²) in [6.45, 7) is 0. The molecule has 1 aromatic rings. The van der Waals surface area contributed by atoms with Crippen LogP contribution in [-0.4, -0.2) is 13.1 Å². The number of hydrogen-bond donors (Lipinski definition) is 1. The second-order valence-electron chi connectivity index (χ2n) is 6.03. The Kier molecular flexibility index (Phi) is 5.18. The Morgan fingerprint density at radius 1 is 1.25 bits per heavy atom. The van der Waals surface area contributed by atoms with Crippen LogP contribution in [-0.2, 0) is 9.53 Å². The molecule has 1 fully saturated rings. The van der Waals surface area contributed by atoms with Crippen molar-refractivity contribution in [3.05, 3.63) is 35.9 Å². The first kappa shape index (κ1) is 15.0. The van der Waals surface area contributed by atoms with Gasteiger partial charge in [-0.3, -0.25) is 4.79 Å². The summed E-state index contributed by atoms with van der Waals surface area (Å²) < 4.78 is 4.89. The molecule has 20 heavy (non-hydrogen) atoms. The minimum absolute atomic E-state index is 0.000967. The van der Waals surface area contributed by atoms with E-state index in [2.05, 4.69) is 12.1 Å². The fraction of sp³-hybridized carbons (Fsp3) is 0.588. The molecule has 0 radical (unpaired) electrons. The maximum atomic E-state index is 11.7. The lowest BCUT2D eigenvalue weighted by Crippen LogP contribution is -2.32. The van der Waals surface area contributed by atoms with Gasteiger partial charge in [-0.15, -0.1) is 0 Å². The van der Waals surface area contributed by atoms with Gasteiger partial charge in [-0.25, -0.2) is 0 Å². The Balaban J connectivity index is 2.09. The van der Waals surface area contributed by atoms with Crippen molar-refractivity contribution in [1.82, 2.24) is 0 Å². The van der Waals surface area contributed by atoms with E-state index in [1.807, 2.05) is 18.2 Å². The molecular formula is C17H25NO2. The maximum Gasteiger partial charge on any atom is 0.306 e. The topological polar surface area (TPSA) is 52.3 Å². The summed E-state index contributed by atoms with van der Waals surface area (Å²) in [7, 11) is 1.47. The van der Waals surface area contributed by atoms with Gasteiger partial charge in [-0.1, -0.05) is 49.6 Å². The summed E-state index contributed by atoms with van der Waals surface area (Å²) in [5, 5.41) is 0. The minimum Gasteiger partial charge on any atom is -0.469 e. The average molecular weight is 275 g/mol. The van der Waals surface area contributed by atoms with Crippen molar-refractivity contribution in [2.45, 2.75) is 51.0 Å². The molecule has 0 amide bonds. The number of carbonyl (C=O) groups excluding carboxylic acids is 1. The van der Waals surface area contributed by atoms with E-state index in [-0.39, 0.29) is 17.4 Å². The van der Waals surface area contributed by atoms with Crippen LogP contribution in [0.3, 0.4) is 0 Å². The van der Waals surface area contributed by atoms with Gasteiger partial charge in [-0.2, -0.15) is 0 Å². The van der Waals surface area contributed by atoms with E-state index in [0.717, 1.165) is 24.8 Å². The lowest BCUT2D eigenvalue weighted by molar-refractivity contribution is -0.144. The molecule has 1 saturated carbocycles. The molecule has 1 aliphatic carbocycles. The number of methoxy groups -OCH3 is 1. The molecule has 2 N–H and O–H groups in total. The van der Waals surface area contributed by atoms with Crippen LogP contribution < -0.4 is 5.73 Å². The largest absolute Gasteiger partial charge is 0.469 e. The molecule has 3 nitrogen and oxygen atoms in total. The van der Waals surface area contributed by atoms with Crippen LogP contribution >= 0.6 is 0 Å². The number of ether oxygens (including phenoxy) is 1. The lowest BCUT2D eigenvalue weighted by Gasteiger charge is -2.38. The van der Waals surface area contributed by atoms with Crippen LogP contribution in [0.2, 0.25) is 0 Å². The Labute approximate surface area is 121 Å². The Morgan fingerprint density at radius 3 is 2.50 bits per heavy atom. The van der Waals surface area contributed by atoms with Gasteiger partial charge in [0.1, 0.15) is 0 Å². The number of esters is 1. The first-order valence-corrected chi connectivity index (χ1v) is 7.53. The van der Waals surface area contributed by atoms with E-state index in [4.69, 9.17) is 10.5 Å². The summed E-state index contributed by atoms with van der Waals surface area (Å²) in [6, 6.07) is 10.2. The van der Waals surface area contributed by atoms with Gasteiger partial charge >= 0.3 is 5.97 Å². The van der Waals surface area contributed by atoms with Crippen LogP contribution in [0, 0.1) is 5.41 Å². The third-order valence-electron chi connectivity index (χ3n) is 4.54. The molecule has 0 aliphatic heterocycles. The van der Waals surface area contributed by atoms with Crippen molar-refractivity contribution in [3.8, 4) is 0 Å². The lowest BCUT2D eigenvalue weighted by atomic mass is 9.67. The normalized spacial score (nSPS) is 19.3. The summed E-state index contributed by atoms with van der Waals surface area (Å²) >= 11 is 0. The molecule has 3 heteroatoms. The van der Waals surface area contributed by atoms with E-state index in [1.54, 1.807) is 0 Å². The molecule has 1 unspecified atom stereocenters. The van der Waals surface area contributed by atoms with Crippen LogP contribution in [0.15, 0.2) is 30.3 Å². The van der Waals surface area contributed by atoms with Crippen LogP contribution in [0.5, 0.6) is 0 Å². The molecule has 1 aromatic carbocycles. The van der Waals surface area contributed by atoms with Gasteiger partial charge in [-0.05, 0) is 30.2 Å². The highest BCUT2D eigenvalue weighted by Gasteiger charge is 2.36. The van der Waals surface area contributed by atoms with E-state index >= 15 is 0 Å². The quantitative estimate of drug-likeness (QED) is 0.835. The zero-order chi connectivity index (χ0) is 14.4. The maximum absolute atomic E-state index is 11.7. The van der Waals surface area contributed by atoms with Gasteiger partial charge in [0.15, 0.2) is 0 Å². The number of rotatable bonds is 5. The van der Waals surface area contributed by atoms with Crippen LogP contribution in [0.1, 0.15) is 56.6 Å². The van der Waals surface area contributed by atoms with Crippen molar-refractivity contribution < 1.29 is 9.53 Å². The number of hydrogen-bond acceptors (Lipinski definition) is 3. The first-order chi connectivity index (χ1) is 9.65. The Bertz CT molecular complexity index is 424. The smallest absolute Gasteiger partial charge is 0.306 e. The molecule has 0 spiro atoms. The monoisotopic (exact) mass is 275 g/mol. The minimum atomic E-state index is -0.104. The second kappa shape index (κ2) is 6.89. The summed E-state index contributed by atoms with van der Waals surface area (Å²) in [5.74, 6) is -0.104. The fourth-order valence-corrected chi connectivity index (χ4v) is 3.42. The Hall–Kier alpha value is -1.35. The molecule has 0 heterocycles. The van der Waals surface area contributed by atoms with E-state index < -0.39 is 0 Å². The molecular weight excluding hydrogens is 250 g/mol. The number of carbonyl (C=O) groups is 1. The average Bonchev–Trinajstić information content (AvgIpc) is 2.48. The molecule has 0 aromatic heterocycles. The van der Waals surface area contributed by atoms with Gasteiger partial charge in [0.25, 0.3) is 0 Å². The highest BCUT2D eigenvalue weighted by Crippen LogP contribution is 2.45. The summed E-state index contributed by atoms with van der Waals surface area (Å²) in [6.07, 6.45) is 7.20. The van der Waals surface area contributed by atoms with Crippen LogP contribution in [0.4, 0.5) is 0 Å². The highest BCUT2D eigenvalue weighted by molar-refractivity contribution is 5.70. The van der Waals surface area contributed by atoms with E-state index in [9.17, 15) is 4.79 Å². The standard InChI is InChI=1S/C17H25NO2/c1-20-16(19)13-17(10-6-3-7-11-17)12-15(18)14-8-4-2-5-9-14/h2,4-5,8-9,15H,3,6-7,10-13,18H2,1H3. The van der Waals surface area contributed by atoms with Crippen molar-refractivity contribution in [2.75, 3.05) is 7.11 Å². The van der Waals surface area contributed by atoms with Crippen molar-refractivity contribution >= 4 is 5.97 Å². The predicted molar refractivity (Wildman–Crippen MR) is 80.1 cm³/mol. The highest BCUT2D eigenvalue weighted by atomic mass is 16.5. The van der Waals surface area contributed by atoms with E-state index in [0.29, 0.717) is 6.42 Å². The SMILES string of the molecule is COC(=O)CC1(CC(N)c2ccccc2)CCCCC1. The van der Waals surface area contributed by atoms with Crippen molar-refractivity contribution in [1.29, 1.82) is 0 Å². The molecule has 0 bridgehead atoms. The number of nitrogens with two attached hydrogens (primary N) is 1. The molecule has 1 aliphatic rings. The fourth-order valence-electron chi connectivity index (χ4n) is 3.42. The van der Waals surface area contributed by atoms with Crippen molar-refractivity contribution in [2.24, 2.45) is 11.1 Å².